The number of carbonyl (C=O) groups excluding carboxylic acids is 1. The topological polar surface area (TPSA) is 108 Å². The quantitative estimate of drug-likeness (QED) is 0.470. The van der Waals surface area contributed by atoms with Gasteiger partial charge in [0.2, 0.25) is 5.91 Å². The van der Waals surface area contributed by atoms with Crippen LogP contribution in [0.15, 0.2) is 23.3 Å². The molecule has 0 aliphatic carbocycles. The van der Waals surface area contributed by atoms with Crippen LogP contribution >= 0.6 is 0 Å². The highest BCUT2D eigenvalue weighted by Crippen LogP contribution is 2.25. The van der Waals surface area contributed by atoms with Gasteiger partial charge in [-0.2, -0.15) is 5.10 Å². The molecule has 23 heavy (non-hydrogen) atoms. The number of nitro groups is 1. The van der Waals surface area contributed by atoms with Gasteiger partial charge in [0.15, 0.2) is 5.75 Å². The molecule has 124 valence electrons. The van der Waals surface area contributed by atoms with Crippen LogP contribution in [0.1, 0.15) is 31.2 Å². The van der Waals surface area contributed by atoms with Crippen LogP contribution in [0.4, 0.5) is 5.69 Å². The lowest BCUT2D eigenvalue weighted by atomic mass is 10.1. The first-order valence-corrected chi connectivity index (χ1v) is 7.58. The molecule has 2 rings (SSSR count). The molecule has 8 heteroatoms. The van der Waals surface area contributed by atoms with E-state index in [1.165, 1.54) is 43.7 Å². The zero-order valence-electron chi connectivity index (χ0n) is 12.8. The summed E-state index contributed by atoms with van der Waals surface area (Å²) in [5.41, 5.74) is 2.43. The maximum Gasteiger partial charge on any atom is 0.311 e. The highest BCUT2D eigenvalue weighted by Gasteiger charge is 2.13. The van der Waals surface area contributed by atoms with Crippen LogP contribution in [-0.2, 0) is 4.79 Å². The molecule has 8 nitrogen and oxygen atoms in total. The fourth-order valence-corrected chi connectivity index (χ4v) is 2.44. The van der Waals surface area contributed by atoms with Gasteiger partial charge in [0, 0.05) is 24.6 Å². The predicted molar refractivity (Wildman–Crippen MR) is 85.4 cm³/mol. The van der Waals surface area contributed by atoms with Gasteiger partial charge >= 0.3 is 5.69 Å². The third-order valence-corrected chi connectivity index (χ3v) is 3.70. The highest BCUT2D eigenvalue weighted by molar-refractivity contribution is 5.83. The molecule has 0 saturated carbocycles. The van der Waals surface area contributed by atoms with Crippen molar-refractivity contribution in [1.29, 1.82) is 0 Å². The summed E-state index contributed by atoms with van der Waals surface area (Å²) in [7, 11) is 0. The van der Waals surface area contributed by atoms with E-state index < -0.39 is 16.4 Å². The Morgan fingerprint density at radius 2 is 2.13 bits per heavy atom. The van der Waals surface area contributed by atoms with Gasteiger partial charge in [-0.25, -0.2) is 5.43 Å². The number of nitro benzene ring substituents is 1. The van der Waals surface area contributed by atoms with E-state index in [2.05, 4.69) is 15.4 Å². The normalized spacial score (nSPS) is 15.7. The van der Waals surface area contributed by atoms with Crippen molar-refractivity contribution >= 4 is 17.8 Å². The van der Waals surface area contributed by atoms with E-state index in [0.717, 1.165) is 13.1 Å². The van der Waals surface area contributed by atoms with Gasteiger partial charge in [-0.3, -0.25) is 14.9 Å². The number of amides is 1. The second-order valence-corrected chi connectivity index (χ2v) is 5.45. The molecule has 1 aromatic rings. The number of piperidine rings is 1. The number of hydrogen-bond acceptors (Lipinski definition) is 6. The molecular formula is C15H20N4O4. The number of aromatic hydroxyl groups is 1. The van der Waals surface area contributed by atoms with Crippen molar-refractivity contribution in [3.63, 3.8) is 0 Å². The molecule has 1 aromatic carbocycles. The molecular weight excluding hydrogens is 300 g/mol. The smallest absolute Gasteiger partial charge is 0.311 e. The molecule has 0 unspecified atom stereocenters. The van der Waals surface area contributed by atoms with Crippen molar-refractivity contribution in [1.82, 2.24) is 10.3 Å². The lowest BCUT2D eigenvalue weighted by Gasteiger charge is -2.25. The number of benzene rings is 1. The predicted octanol–water partition coefficient (Wildman–Crippen LogP) is 1.63. The first-order valence-electron chi connectivity index (χ1n) is 7.58. The Kier molecular flexibility index (Phi) is 6.04. The molecule has 0 spiro atoms. The van der Waals surface area contributed by atoms with Crippen LogP contribution in [0.5, 0.6) is 5.75 Å². The van der Waals surface area contributed by atoms with Crippen LogP contribution < -0.4 is 5.43 Å². The van der Waals surface area contributed by atoms with Crippen LogP contribution in [0.3, 0.4) is 0 Å². The molecule has 2 N–H and O–H groups in total. The van der Waals surface area contributed by atoms with Crippen molar-refractivity contribution in [2.75, 3.05) is 19.6 Å². The van der Waals surface area contributed by atoms with Crippen LogP contribution in [0.25, 0.3) is 0 Å². The fourth-order valence-electron chi connectivity index (χ4n) is 2.44. The summed E-state index contributed by atoms with van der Waals surface area (Å²) >= 11 is 0. The second-order valence-electron chi connectivity index (χ2n) is 5.45. The van der Waals surface area contributed by atoms with Gasteiger partial charge in [-0.15, -0.1) is 0 Å². The molecule has 1 saturated heterocycles. The Bertz CT molecular complexity index is 597. The van der Waals surface area contributed by atoms with Crippen molar-refractivity contribution in [3.05, 3.63) is 33.9 Å². The fraction of sp³-hybridized carbons (Fsp3) is 0.467. The molecule has 1 aliphatic heterocycles. The summed E-state index contributed by atoms with van der Waals surface area (Å²) in [6.45, 7) is 2.79. The standard InChI is InChI=1S/C15H20N4O4/c20-14-5-4-12(10-13(14)19(22)23)11-16-17-15(21)6-9-18-7-2-1-3-8-18/h4-5,10-11,20H,1-3,6-9H2,(H,17,21)/b16-11-. The van der Waals surface area contributed by atoms with E-state index in [4.69, 9.17) is 0 Å². The van der Waals surface area contributed by atoms with Crippen molar-refractivity contribution in [2.24, 2.45) is 5.10 Å². The Labute approximate surface area is 133 Å². The van der Waals surface area contributed by atoms with Crippen LogP contribution in [0, 0.1) is 10.1 Å². The summed E-state index contributed by atoms with van der Waals surface area (Å²) in [5, 5.41) is 23.9. The number of nitrogens with one attached hydrogen (secondary N) is 1. The first-order chi connectivity index (χ1) is 11.1. The number of hydrogen-bond donors (Lipinski definition) is 2. The van der Waals surface area contributed by atoms with E-state index in [0.29, 0.717) is 18.5 Å². The number of phenols is 1. The number of nitrogens with zero attached hydrogens (tertiary/aromatic N) is 3. The SMILES string of the molecule is O=C(CCN1CCCCC1)N/N=C\c1ccc(O)c([N+](=O)[O-])c1. The van der Waals surface area contributed by atoms with E-state index in [1.54, 1.807) is 0 Å². The molecule has 0 aromatic heterocycles. The molecule has 1 aliphatic rings. The zero-order chi connectivity index (χ0) is 16.7. The van der Waals surface area contributed by atoms with Gasteiger partial charge in [0.05, 0.1) is 11.1 Å². The second kappa shape index (κ2) is 8.23. The third-order valence-electron chi connectivity index (χ3n) is 3.70. The zero-order valence-corrected chi connectivity index (χ0v) is 12.8. The average Bonchev–Trinajstić information content (AvgIpc) is 2.55. The molecule has 1 fully saturated rings. The van der Waals surface area contributed by atoms with E-state index >= 15 is 0 Å². The Hall–Kier alpha value is -2.48. The molecule has 0 radical (unpaired) electrons. The molecule has 1 heterocycles. The molecule has 0 bridgehead atoms. The van der Waals surface area contributed by atoms with E-state index in [9.17, 15) is 20.0 Å². The average molecular weight is 320 g/mol. The molecule has 1 amide bonds. The maximum atomic E-state index is 11.7. The Morgan fingerprint density at radius 3 is 2.83 bits per heavy atom. The van der Waals surface area contributed by atoms with Gasteiger partial charge in [0.1, 0.15) is 0 Å². The van der Waals surface area contributed by atoms with E-state index in [-0.39, 0.29) is 5.91 Å². The summed E-state index contributed by atoms with van der Waals surface area (Å²) in [5.74, 6) is -0.599. The monoisotopic (exact) mass is 320 g/mol. The number of hydrazone groups is 1. The van der Waals surface area contributed by atoms with Crippen molar-refractivity contribution < 1.29 is 14.8 Å². The van der Waals surface area contributed by atoms with Gasteiger partial charge in [-0.05, 0) is 38.1 Å². The third kappa shape index (κ3) is 5.33. The number of rotatable bonds is 6. The van der Waals surface area contributed by atoms with Crippen molar-refractivity contribution in [3.8, 4) is 5.75 Å². The summed E-state index contributed by atoms with van der Waals surface area (Å²) < 4.78 is 0. The van der Waals surface area contributed by atoms with Gasteiger partial charge in [0.25, 0.3) is 0 Å². The van der Waals surface area contributed by atoms with Gasteiger partial charge in [-0.1, -0.05) is 6.42 Å². The summed E-state index contributed by atoms with van der Waals surface area (Å²) in [4.78, 5) is 24.0. The molecule has 0 atom stereocenters. The number of phenolic OH excluding ortho intramolecular Hbond substituents is 1. The van der Waals surface area contributed by atoms with Crippen LogP contribution in [-0.4, -0.2) is 46.7 Å². The minimum Gasteiger partial charge on any atom is -0.502 e. The summed E-state index contributed by atoms with van der Waals surface area (Å²) in [6, 6.07) is 3.89. The lowest BCUT2D eigenvalue weighted by Crippen LogP contribution is -2.33. The lowest BCUT2D eigenvalue weighted by molar-refractivity contribution is -0.385. The maximum absolute atomic E-state index is 11.7. The van der Waals surface area contributed by atoms with E-state index in [1.807, 2.05) is 0 Å². The number of likely N-dealkylation sites (tertiary alicyclic amines) is 1. The largest absolute Gasteiger partial charge is 0.502 e. The van der Waals surface area contributed by atoms with Gasteiger partial charge < -0.3 is 10.0 Å². The van der Waals surface area contributed by atoms with Crippen molar-refractivity contribution in [2.45, 2.75) is 25.7 Å². The summed E-state index contributed by atoms with van der Waals surface area (Å²) in [6.07, 6.45) is 5.29. The minimum absolute atomic E-state index is 0.194. The Balaban J connectivity index is 1.80. The first kappa shape index (κ1) is 16.9. The highest BCUT2D eigenvalue weighted by atomic mass is 16.6. The van der Waals surface area contributed by atoms with Crippen LogP contribution in [0.2, 0.25) is 0 Å². The number of carbonyl (C=O) groups is 1. The Morgan fingerprint density at radius 1 is 1.39 bits per heavy atom. The minimum atomic E-state index is -0.677.